The maximum absolute atomic E-state index is 10.6. The quantitative estimate of drug-likeness (QED) is 0.800. The molecule has 1 unspecified atom stereocenters. The van der Waals surface area contributed by atoms with Crippen LogP contribution in [-0.4, -0.2) is 22.9 Å². The number of carboxylic acids is 1. The van der Waals surface area contributed by atoms with Gasteiger partial charge in [0.05, 0.1) is 5.02 Å². The third-order valence-corrected chi connectivity index (χ3v) is 5.64. The van der Waals surface area contributed by atoms with Crippen molar-refractivity contribution in [1.29, 1.82) is 0 Å². The van der Waals surface area contributed by atoms with Crippen molar-refractivity contribution in [3.05, 3.63) is 34.2 Å². The van der Waals surface area contributed by atoms with Crippen LogP contribution in [0.5, 0.6) is 0 Å². The van der Waals surface area contributed by atoms with Gasteiger partial charge in [-0.15, -0.1) is 11.3 Å². The number of aliphatic carboxylic acids is 1. The Morgan fingerprint density at radius 2 is 2.21 bits per heavy atom. The molecule has 1 atom stereocenters. The number of rotatable bonds is 6. The molecule has 2 rings (SSSR count). The van der Waals surface area contributed by atoms with Gasteiger partial charge in [0, 0.05) is 20.7 Å². The fourth-order valence-corrected chi connectivity index (χ4v) is 4.41. The highest BCUT2D eigenvalue weighted by molar-refractivity contribution is 7.98. The predicted octanol–water partition coefficient (Wildman–Crippen LogP) is 3.59. The monoisotopic (exact) mass is 315 g/mol. The minimum absolute atomic E-state index is 0.475. The molecule has 0 aliphatic heterocycles. The van der Waals surface area contributed by atoms with Crippen molar-refractivity contribution in [2.45, 2.75) is 18.2 Å². The zero-order chi connectivity index (χ0) is 13.8. The lowest BCUT2D eigenvalue weighted by Gasteiger charge is -2.05. The molecule has 3 nitrogen and oxygen atoms in total. The standard InChI is InChI=1S/C13H14ClNO2S2/c14-12-8-3-1-2-4-10(8)19-11(12)7-18-6-5-9(15)13(16)17/h1-4,9H,5-7,15H2,(H,16,17). The number of benzene rings is 1. The number of hydrogen-bond acceptors (Lipinski definition) is 4. The third-order valence-electron chi connectivity index (χ3n) is 2.73. The molecule has 6 heteroatoms. The van der Waals surface area contributed by atoms with E-state index in [4.69, 9.17) is 22.4 Å². The molecule has 19 heavy (non-hydrogen) atoms. The van der Waals surface area contributed by atoms with Gasteiger partial charge in [-0.25, -0.2) is 0 Å². The van der Waals surface area contributed by atoms with Crippen LogP contribution >= 0.6 is 34.7 Å². The summed E-state index contributed by atoms with van der Waals surface area (Å²) in [5, 5.41) is 10.6. The zero-order valence-corrected chi connectivity index (χ0v) is 12.5. The molecule has 1 aromatic carbocycles. The molecule has 0 fully saturated rings. The van der Waals surface area contributed by atoms with Crippen LogP contribution in [0.25, 0.3) is 10.1 Å². The molecule has 102 valence electrons. The maximum Gasteiger partial charge on any atom is 0.320 e. The molecule has 3 N–H and O–H groups in total. The molecule has 0 bridgehead atoms. The molecule has 0 spiro atoms. The van der Waals surface area contributed by atoms with Crippen molar-refractivity contribution in [3.63, 3.8) is 0 Å². The molecular formula is C13H14ClNO2S2. The largest absolute Gasteiger partial charge is 0.480 e. The molecule has 0 saturated carbocycles. The first-order chi connectivity index (χ1) is 9.09. The second kappa shape index (κ2) is 6.61. The van der Waals surface area contributed by atoms with Gasteiger partial charge >= 0.3 is 5.97 Å². The summed E-state index contributed by atoms with van der Waals surface area (Å²) < 4.78 is 1.19. The summed E-state index contributed by atoms with van der Waals surface area (Å²) in [5.74, 6) is 0.572. The van der Waals surface area contributed by atoms with Crippen LogP contribution in [0.1, 0.15) is 11.3 Å². The first kappa shape index (κ1) is 14.7. The number of hydrogen-bond donors (Lipinski definition) is 2. The molecule has 0 saturated heterocycles. The Balaban J connectivity index is 1.91. The van der Waals surface area contributed by atoms with E-state index in [9.17, 15) is 4.79 Å². The van der Waals surface area contributed by atoms with Crippen LogP contribution in [0.2, 0.25) is 5.02 Å². The highest BCUT2D eigenvalue weighted by Crippen LogP contribution is 2.37. The van der Waals surface area contributed by atoms with Gasteiger partial charge in [-0.1, -0.05) is 29.8 Å². The normalized spacial score (nSPS) is 12.7. The summed E-state index contributed by atoms with van der Waals surface area (Å²) in [6.45, 7) is 0. The molecule has 1 aromatic heterocycles. The number of carboxylic acid groups (broad SMARTS) is 1. The number of carbonyl (C=O) groups is 1. The van der Waals surface area contributed by atoms with E-state index < -0.39 is 12.0 Å². The van der Waals surface area contributed by atoms with E-state index in [-0.39, 0.29) is 0 Å². The van der Waals surface area contributed by atoms with Gasteiger partial charge in [-0.3, -0.25) is 4.79 Å². The number of halogens is 1. The minimum atomic E-state index is -0.944. The van der Waals surface area contributed by atoms with E-state index in [0.29, 0.717) is 6.42 Å². The summed E-state index contributed by atoms with van der Waals surface area (Å²) >= 11 is 9.68. The van der Waals surface area contributed by atoms with Crippen LogP contribution < -0.4 is 5.73 Å². The third kappa shape index (κ3) is 3.63. The second-order valence-corrected chi connectivity index (χ2v) is 6.74. The number of nitrogens with two attached hydrogens (primary N) is 1. The first-order valence-electron chi connectivity index (χ1n) is 5.81. The van der Waals surface area contributed by atoms with E-state index in [1.165, 1.54) is 4.70 Å². The van der Waals surface area contributed by atoms with E-state index in [1.807, 2.05) is 18.2 Å². The Morgan fingerprint density at radius 1 is 1.47 bits per heavy atom. The SMILES string of the molecule is NC(CCSCc1sc2ccccc2c1Cl)C(=O)O. The van der Waals surface area contributed by atoms with E-state index in [0.717, 1.165) is 26.8 Å². The van der Waals surface area contributed by atoms with Crippen LogP contribution in [0.4, 0.5) is 0 Å². The van der Waals surface area contributed by atoms with Crippen molar-refractivity contribution >= 4 is 50.8 Å². The molecule has 2 aromatic rings. The van der Waals surface area contributed by atoms with Crippen molar-refractivity contribution < 1.29 is 9.90 Å². The summed E-state index contributed by atoms with van der Waals surface area (Å²) in [4.78, 5) is 11.7. The zero-order valence-electron chi connectivity index (χ0n) is 10.1. The lowest BCUT2D eigenvalue weighted by atomic mass is 10.2. The van der Waals surface area contributed by atoms with Crippen LogP contribution in [0, 0.1) is 0 Å². The summed E-state index contributed by atoms with van der Waals surface area (Å²) in [7, 11) is 0. The number of fused-ring (bicyclic) bond motifs is 1. The van der Waals surface area contributed by atoms with Gasteiger partial charge in [-0.2, -0.15) is 11.8 Å². The van der Waals surface area contributed by atoms with Gasteiger partial charge in [0.15, 0.2) is 0 Å². The highest BCUT2D eigenvalue weighted by atomic mass is 35.5. The molecule has 0 radical (unpaired) electrons. The minimum Gasteiger partial charge on any atom is -0.480 e. The van der Waals surface area contributed by atoms with Gasteiger partial charge < -0.3 is 10.8 Å². The van der Waals surface area contributed by atoms with Crippen molar-refractivity contribution in [2.75, 3.05) is 5.75 Å². The second-order valence-electron chi connectivity index (χ2n) is 4.12. The van der Waals surface area contributed by atoms with Gasteiger partial charge in [-0.05, 0) is 18.2 Å². The Morgan fingerprint density at radius 3 is 2.89 bits per heavy atom. The Bertz CT molecular complexity index is 585. The average molecular weight is 316 g/mol. The van der Waals surface area contributed by atoms with Crippen LogP contribution in [-0.2, 0) is 10.5 Å². The first-order valence-corrected chi connectivity index (χ1v) is 8.16. The molecule has 0 aliphatic carbocycles. The Kier molecular flexibility index (Phi) is 5.10. The molecule has 0 amide bonds. The number of thioether (sulfide) groups is 1. The van der Waals surface area contributed by atoms with E-state index in [2.05, 4.69) is 6.07 Å². The molecular weight excluding hydrogens is 302 g/mol. The van der Waals surface area contributed by atoms with Gasteiger partial charge in [0.25, 0.3) is 0 Å². The van der Waals surface area contributed by atoms with E-state index >= 15 is 0 Å². The maximum atomic E-state index is 10.6. The number of thiophene rings is 1. The van der Waals surface area contributed by atoms with Crippen LogP contribution in [0.15, 0.2) is 24.3 Å². The van der Waals surface area contributed by atoms with Crippen molar-refractivity contribution in [1.82, 2.24) is 0 Å². The predicted molar refractivity (Wildman–Crippen MR) is 83.2 cm³/mol. The van der Waals surface area contributed by atoms with E-state index in [1.54, 1.807) is 23.1 Å². The summed E-state index contributed by atoms with van der Waals surface area (Å²) in [6, 6.07) is 7.27. The molecule has 1 heterocycles. The lowest BCUT2D eigenvalue weighted by Crippen LogP contribution is -2.30. The highest BCUT2D eigenvalue weighted by Gasteiger charge is 2.12. The van der Waals surface area contributed by atoms with Crippen LogP contribution in [0.3, 0.4) is 0 Å². The average Bonchev–Trinajstić information content (AvgIpc) is 2.72. The van der Waals surface area contributed by atoms with Crippen molar-refractivity contribution in [3.8, 4) is 0 Å². The summed E-state index contributed by atoms with van der Waals surface area (Å²) in [5.41, 5.74) is 5.45. The van der Waals surface area contributed by atoms with Gasteiger partial charge in [0.2, 0.25) is 0 Å². The fraction of sp³-hybridized carbons (Fsp3) is 0.308. The lowest BCUT2D eigenvalue weighted by molar-refractivity contribution is -0.138. The van der Waals surface area contributed by atoms with Crippen molar-refractivity contribution in [2.24, 2.45) is 5.73 Å². The molecule has 0 aliphatic rings. The smallest absolute Gasteiger partial charge is 0.320 e. The summed E-state index contributed by atoms with van der Waals surface area (Å²) in [6.07, 6.45) is 0.475. The Hall–Kier alpha value is -0.750. The Labute approximate surface area is 124 Å². The van der Waals surface area contributed by atoms with Gasteiger partial charge in [0.1, 0.15) is 6.04 Å². The fourth-order valence-electron chi connectivity index (χ4n) is 1.66. The topological polar surface area (TPSA) is 63.3 Å².